The quantitative estimate of drug-likeness (QED) is 0.236. The van der Waals surface area contributed by atoms with Crippen molar-refractivity contribution in [2.24, 2.45) is 0 Å². The van der Waals surface area contributed by atoms with E-state index in [1.807, 2.05) is 60.7 Å². The molecule has 4 aromatic carbocycles. The monoisotopic (exact) mass is 526 g/mol. The number of hydrogen-bond donors (Lipinski definition) is 2. The summed E-state index contributed by atoms with van der Waals surface area (Å²) >= 11 is 0. The highest BCUT2D eigenvalue weighted by molar-refractivity contribution is 5.95. The smallest absolute Gasteiger partial charge is 0.287 e. The van der Waals surface area contributed by atoms with Crippen LogP contribution < -0.4 is 24.4 Å². The zero-order valence-electron chi connectivity index (χ0n) is 21.3. The number of benzene rings is 4. The SMILES string of the molecule is COc1ccc(NC(=O)C(c2cc3c(cc2[N+](=O)[O-])OCO3)[NH+](Cc2ccccc2)Cc2ccccc2)cc1. The third-order valence-corrected chi connectivity index (χ3v) is 6.61. The van der Waals surface area contributed by atoms with Gasteiger partial charge in [-0.3, -0.25) is 14.9 Å². The van der Waals surface area contributed by atoms with Crippen molar-refractivity contribution in [2.45, 2.75) is 19.1 Å². The van der Waals surface area contributed by atoms with Gasteiger partial charge < -0.3 is 24.4 Å². The average molecular weight is 527 g/mol. The molecule has 0 saturated carbocycles. The second-order valence-electron chi connectivity index (χ2n) is 9.16. The van der Waals surface area contributed by atoms with Crippen molar-refractivity contribution in [1.29, 1.82) is 0 Å². The molecule has 0 aromatic heterocycles. The maximum absolute atomic E-state index is 14.1. The number of carbonyl (C=O) groups excluding carboxylic acids is 1. The molecule has 1 heterocycles. The largest absolute Gasteiger partial charge is 0.497 e. The lowest BCUT2D eigenvalue weighted by atomic mass is 9.99. The van der Waals surface area contributed by atoms with Crippen LogP contribution in [0.25, 0.3) is 0 Å². The van der Waals surface area contributed by atoms with E-state index in [1.54, 1.807) is 37.4 Å². The van der Waals surface area contributed by atoms with Gasteiger partial charge in [0.05, 0.1) is 18.1 Å². The number of rotatable bonds is 10. The van der Waals surface area contributed by atoms with E-state index >= 15 is 0 Å². The van der Waals surface area contributed by atoms with Crippen LogP contribution in [0.2, 0.25) is 0 Å². The molecule has 39 heavy (non-hydrogen) atoms. The fraction of sp³-hybridized carbons (Fsp3) is 0.167. The maximum atomic E-state index is 14.1. The first kappa shape index (κ1) is 25.7. The number of nitro benzene ring substituents is 1. The minimum atomic E-state index is -0.956. The number of fused-ring (bicyclic) bond motifs is 1. The fourth-order valence-corrected chi connectivity index (χ4v) is 4.75. The van der Waals surface area contributed by atoms with Crippen LogP contribution in [0.5, 0.6) is 17.2 Å². The molecule has 0 spiro atoms. The Balaban J connectivity index is 1.61. The van der Waals surface area contributed by atoms with Crippen LogP contribution in [0.3, 0.4) is 0 Å². The summed E-state index contributed by atoms with van der Waals surface area (Å²) in [6, 6.07) is 28.4. The number of quaternary nitrogens is 1. The first-order valence-electron chi connectivity index (χ1n) is 12.5. The molecule has 1 amide bonds. The summed E-state index contributed by atoms with van der Waals surface area (Å²) in [6.07, 6.45) is 0. The zero-order valence-corrected chi connectivity index (χ0v) is 21.3. The Hall–Kier alpha value is -4.89. The molecule has 2 N–H and O–H groups in total. The van der Waals surface area contributed by atoms with Crippen LogP contribution in [0, 0.1) is 10.1 Å². The van der Waals surface area contributed by atoms with Gasteiger partial charge >= 0.3 is 0 Å². The molecule has 1 unspecified atom stereocenters. The Bertz CT molecular complexity index is 1400. The number of nitrogens with one attached hydrogen (secondary N) is 2. The van der Waals surface area contributed by atoms with Crippen molar-refractivity contribution in [1.82, 2.24) is 0 Å². The van der Waals surface area contributed by atoms with Crippen LogP contribution in [-0.2, 0) is 17.9 Å². The number of nitro groups is 1. The number of amides is 1. The second-order valence-corrected chi connectivity index (χ2v) is 9.16. The minimum Gasteiger partial charge on any atom is -0.497 e. The predicted octanol–water partition coefficient (Wildman–Crippen LogP) is 4.30. The standard InChI is InChI=1S/C30H27N3O6/c1-37-24-14-12-23(13-15-24)31-30(34)29(25-16-27-28(39-20-38-27)17-26(25)33(35)36)32(18-21-8-4-2-5-9-21)19-22-10-6-3-7-11-22/h2-17,29H,18-20H2,1H3,(H,31,34)/p+1. The molecule has 1 aliphatic rings. The molecule has 0 radical (unpaired) electrons. The molecular weight excluding hydrogens is 498 g/mol. The predicted molar refractivity (Wildman–Crippen MR) is 145 cm³/mol. The van der Waals surface area contributed by atoms with Gasteiger partial charge in [-0.15, -0.1) is 0 Å². The first-order valence-corrected chi connectivity index (χ1v) is 12.5. The molecule has 1 atom stereocenters. The van der Waals surface area contributed by atoms with E-state index in [9.17, 15) is 14.9 Å². The molecule has 9 heteroatoms. The second kappa shape index (κ2) is 11.7. The molecule has 4 aromatic rings. The van der Waals surface area contributed by atoms with Gasteiger partial charge in [-0.05, 0) is 24.3 Å². The molecule has 1 aliphatic heterocycles. The number of hydrogen-bond acceptors (Lipinski definition) is 6. The highest BCUT2D eigenvalue weighted by Crippen LogP contribution is 2.40. The third kappa shape index (κ3) is 6.00. The topological polar surface area (TPSA) is 104 Å². The van der Waals surface area contributed by atoms with Gasteiger partial charge in [0.15, 0.2) is 11.5 Å². The Morgan fingerprint density at radius 1 is 0.923 bits per heavy atom. The molecular formula is C30H28N3O6+. The van der Waals surface area contributed by atoms with Crippen molar-refractivity contribution in [3.8, 4) is 17.2 Å². The summed E-state index contributed by atoms with van der Waals surface area (Å²) in [5.74, 6) is 0.921. The summed E-state index contributed by atoms with van der Waals surface area (Å²) < 4.78 is 16.2. The van der Waals surface area contributed by atoms with E-state index in [-0.39, 0.29) is 29.7 Å². The summed E-state index contributed by atoms with van der Waals surface area (Å²) in [5, 5.41) is 15.2. The van der Waals surface area contributed by atoms with E-state index < -0.39 is 11.0 Å². The van der Waals surface area contributed by atoms with Crippen molar-refractivity contribution in [3.63, 3.8) is 0 Å². The molecule has 9 nitrogen and oxygen atoms in total. The van der Waals surface area contributed by atoms with Crippen LogP contribution in [0.4, 0.5) is 11.4 Å². The number of methoxy groups -OCH3 is 1. The Morgan fingerprint density at radius 2 is 1.49 bits per heavy atom. The van der Waals surface area contributed by atoms with Gasteiger partial charge in [0, 0.05) is 22.9 Å². The van der Waals surface area contributed by atoms with Crippen molar-refractivity contribution < 1.29 is 28.8 Å². The first-order chi connectivity index (χ1) is 19.0. The van der Waals surface area contributed by atoms with Crippen LogP contribution in [0.15, 0.2) is 97.1 Å². The van der Waals surface area contributed by atoms with E-state index in [2.05, 4.69) is 5.32 Å². The molecule has 0 aliphatic carbocycles. The average Bonchev–Trinajstić information content (AvgIpc) is 3.42. The van der Waals surface area contributed by atoms with Crippen LogP contribution >= 0.6 is 0 Å². The van der Waals surface area contributed by atoms with Gasteiger partial charge in [0.1, 0.15) is 24.4 Å². The lowest BCUT2D eigenvalue weighted by molar-refractivity contribution is -0.948. The van der Waals surface area contributed by atoms with Gasteiger partial charge in [0.2, 0.25) is 12.8 Å². The highest BCUT2D eigenvalue weighted by Gasteiger charge is 2.39. The number of carbonyl (C=O) groups is 1. The molecule has 0 fully saturated rings. The maximum Gasteiger partial charge on any atom is 0.287 e. The highest BCUT2D eigenvalue weighted by atomic mass is 16.7. The van der Waals surface area contributed by atoms with E-state index in [0.29, 0.717) is 30.3 Å². The molecule has 0 bridgehead atoms. The molecule has 0 saturated heterocycles. The fourth-order valence-electron chi connectivity index (χ4n) is 4.75. The lowest BCUT2D eigenvalue weighted by Crippen LogP contribution is -3.10. The van der Waals surface area contributed by atoms with Crippen LogP contribution in [0.1, 0.15) is 22.7 Å². The van der Waals surface area contributed by atoms with Gasteiger partial charge in [0.25, 0.3) is 11.6 Å². The van der Waals surface area contributed by atoms with Crippen LogP contribution in [-0.4, -0.2) is 24.7 Å². The summed E-state index contributed by atoms with van der Waals surface area (Å²) in [7, 11) is 1.57. The molecule has 5 rings (SSSR count). The Kier molecular flexibility index (Phi) is 7.70. The molecule has 198 valence electrons. The zero-order chi connectivity index (χ0) is 27.2. The third-order valence-electron chi connectivity index (χ3n) is 6.61. The number of anilines is 1. The van der Waals surface area contributed by atoms with Gasteiger partial charge in [-0.25, -0.2) is 0 Å². The van der Waals surface area contributed by atoms with Crippen molar-refractivity contribution in [3.05, 3.63) is 124 Å². The number of nitrogens with zero attached hydrogens (tertiary/aromatic N) is 1. The van der Waals surface area contributed by atoms with Crippen molar-refractivity contribution in [2.75, 3.05) is 19.2 Å². The Labute approximate surface area is 225 Å². The summed E-state index contributed by atoms with van der Waals surface area (Å²) in [6.45, 7) is 0.854. The van der Waals surface area contributed by atoms with E-state index in [1.165, 1.54) is 6.07 Å². The van der Waals surface area contributed by atoms with Crippen molar-refractivity contribution >= 4 is 17.3 Å². The number of ether oxygens (including phenoxy) is 3. The Morgan fingerprint density at radius 3 is 2.03 bits per heavy atom. The normalized spacial score (nSPS) is 12.7. The van der Waals surface area contributed by atoms with E-state index in [0.717, 1.165) is 16.0 Å². The summed E-state index contributed by atoms with van der Waals surface area (Å²) in [5.41, 5.74) is 2.58. The van der Waals surface area contributed by atoms with Gasteiger partial charge in [-0.1, -0.05) is 60.7 Å². The van der Waals surface area contributed by atoms with E-state index in [4.69, 9.17) is 14.2 Å². The van der Waals surface area contributed by atoms with Gasteiger partial charge in [-0.2, -0.15) is 0 Å². The minimum absolute atomic E-state index is 0.0384. The lowest BCUT2D eigenvalue weighted by Gasteiger charge is -2.28. The summed E-state index contributed by atoms with van der Waals surface area (Å²) in [4.78, 5) is 26.7.